The van der Waals surface area contributed by atoms with Crippen molar-refractivity contribution in [2.24, 2.45) is 0 Å². The van der Waals surface area contributed by atoms with Crippen molar-refractivity contribution in [2.75, 3.05) is 36.5 Å². The molecule has 1 fully saturated rings. The van der Waals surface area contributed by atoms with Crippen LogP contribution in [-0.4, -0.2) is 38.5 Å². The molecule has 29 heavy (non-hydrogen) atoms. The number of aldehydes is 1. The molecule has 2 aromatic carbocycles. The van der Waals surface area contributed by atoms with Gasteiger partial charge in [-0.1, -0.05) is 6.92 Å². The van der Waals surface area contributed by atoms with E-state index in [1.54, 1.807) is 18.2 Å². The molecule has 0 aliphatic carbocycles. The van der Waals surface area contributed by atoms with Crippen LogP contribution in [0.5, 0.6) is 11.5 Å². The van der Waals surface area contributed by atoms with Crippen LogP contribution in [0.4, 0.5) is 11.4 Å². The maximum atomic E-state index is 12.3. The minimum absolute atomic E-state index is 0.189. The SMILES string of the molecule is CCCOc1ccc(C=O)c(OCC(=O)Nc2ccc(N3CCCCC3)cc2)c1. The van der Waals surface area contributed by atoms with E-state index >= 15 is 0 Å². The number of rotatable bonds is 9. The van der Waals surface area contributed by atoms with Gasteiger partial charge in [0.2, 0.25) is 0 Å². The topological polar surface area (TPSA) is 67.9 Å². The number of nitrogens with zero attached hydrogens (tertiary/aromatic N) is 1. The second-order valence-electron chi connectivity index (χ2n) is 7.10. The summed E-state index contributed by atoms with van der Waals surface area (Å²) in [6.07, 6.45) is 5.33. The summed E-state index contributed by atoms with van der Waals surface area (Å²) in [6.45, 7) is 4.57. The van der Waals surface area contributed by atoms with E-state index in [0.717, 1.165) is 25.2 Å². The summed E-state index contributed by atoms with van der Waals surface area (Å²) in [5.74, 6) is 0.665. The Morgan fingerprint density at radius 2 is 1.83 bits per heavy atom. The van der Waals surface area contributed by atoms with Crippen LogP contribution < -0.4 is 19.7 Å². The molecule has 1 aliphatic heterocycles. The smallest absolute Gasteiger partial charge is 0.262 e. The lowest BCUT2D eigenvalue weighted by atomic mass is 10.1. The van der Waals surface area contributed by atoms with Crippen molar-refractivity contribution in [3.63, 3.8) is 0 Å². The molecule has 154 valence electrons. The number of benzene rings is 2. The third-order valence-electron chi connectivity index (χ3n) is 4.82. The molecule has 6 nitrogen and oxygen atoms in total. The molecule has 1 N–H and O–H groups in total. The second kappa shape index (κ2) is 10.5. The molecule has 0 atom stereocenters. The summed E-state index contributed by atoms with van der Waals surface area (Å²) in [6, 6.07) is 12.8. The van der Waals surface area contributed by atoms with Crippen molar-refractivity contribution in [2.45, 2.75) is 32.6 Å². The number of amides is 1. The quantitative estimate of drug-likeness (QED) is 0.640. The molecule has 1 amide bonds. The van der Waals surface area contributed by atoms with Gasteiger partial charge in [0.25, 0.3) is 5.91 Å². The molecule has 0 spiro atoms. The first-order chi connectivity index (χ1) is 14.2. The lowest BCUT2D eigenvalue weighted by Crippen LogP contribution is -2.29. The molecule has 0 aromatic heterocycles. The highest BCUT2D eigenvalue weighted by Crippen LogP contribution is 2.24. The van der Waals surface area contributed by atoms with Crippen LogP contribution in [0.15, 0.2) is 42.5 Å². The minimum atomic E-state index is -0.285. The van der Waals surface area contributed by atoms with Gasteiger partial charge in [0.15, 0.2) is 12.9 Å². The molecular formula is C23H28N2O4. The Kier molecular flexibility index (Phi) is 7.50. The van der Waals surface area contributed by atoms with Gasteiger partial charge < -0.3 is 19.7 Å². The van der Waals surface area contributed by atoms with Gasteiger partial charge in [-0.15, -0.1) is 0 Å². The van der Waals surface area contributed by atoms with E-state index in [0.29, 0.717) is 30.0 Å². The lowest BCUT2D eigenvalue weighted by Gasteiger charge is -2.28. The van der Waals surface area contributed by atoms with Gasteiger partial charge in [0, 0.05) is 30.5 Å². The van der Waals surface area contributed by atoms with Crippen molar-refractivity contribution in [3.8, 4) is 11.5 Å². The van der Waals surface area contributed by atoms with E-state index in [4.69, 9.17) is 9.47 Å². The normalized spacial score (nSPS) is 13.6. The summed E-state index contributed by atoms with van der Waals surface area (Å²) in [4.78, 5) is 25.9. The van der Waals surface area contributed by atoms with Crippen LogP contribution in [0.3, 0.4) is 0 Å². The third kappa shape index (κ3) is 5.98. The average molecular weight is 396 g/mol. The van der Waals surface area contributed by atoms with Crippen LogP contribution in [0.1, 0.15) is 43.0 Å². The zero-order valence-corrected chi connectivity index (χ0v) is 16.9. The summed E-state index contributed by atoms with van der Waals surface area (Å²) in [7, 11) is 0. The Hall–Kier alpha value is -3.02. The monoisotopic (exact) mass is 396 g/mol. The van der Waals surface area contributed by atoms with Crippen molar-refractivity contribution >= 4 is 23.6 Å². The molecule has 0 saturated carbocycles. The molecule has 1 heterocycles. The Morgan fingerprint density at radius 1 is 1.07 bits per heavy atom. The van der Waals surface area contributed by atoms with E-state index in [9.17, 15) is 9.59 Å². The first kappa shape index (κ1) is 20.7. The fraction of sp³-hybridized carbons (Fsp3) is 0.391. The Morgan fingerprint density at radius 3 is 2.52 bits per heavy atom. The maximum absolute atomic E-state index is 12.3. The Balaban J connectivity index is 1.54. The van der Waals surface area contributed by atoms with Crippen LogP contribution >= 0.6 is 0 Å². The predicted molar refractivity (Wildman–Crippen MR) is 114 cm³/mol. The highest BCUT2D eigenvalue weighted by atomic mass is 16.5. The van der Waals surface area contributed by atoms with Crippen molar-refractivity contribution < 1.29 is 19.1 Å². The Bertz CT molecular complexity index is 814. The van der Waals surface area contributed by atoms with Gasteiger partial charge in [-0.25, -0.2) is 0 Å². The summed E-state index contributed by atoms with van der Waals surface area (Å²) in [5, 5.41) is 2.83. The minimum Gasteiger partial charge on any atom is -0.493 e. The molecule has 1 saturated heterocycles. The van der Waals surface area contributed by atoms with Crippen LogP contribution in [0.25, 0.3) is 0 Å². The molecule has 6 heteroatoms. The van der Waals surface area contributed by atoms with Crippen LogP contribution in [0, 0.1) is 0 Å². The molecule has 3 rings (SSSR count). The number of nitrogens with one attached hydrogen (secondary N) is 1. The van der Waals surface area contributed by atoms with E-state index in [1.807, 2.05) is 31.2 Å². The van der Waals surface area contributed by atoms with Gasteiger partial charge in [-0.05, 0) is 62.1 Å². The van der Waals surface area contributed by atoms with E-state index in [1.165, 1.54) is 24.9 Å². The number of ether oxygens (including phenoxy) is 2. The molecule has 0 radical (unpaired) electrons. The fourth-order valence-electron chi connectivity index (χ4n) is 3.29. The molecule has 0 bridgehead atoms. The van der Waals surface area contributed by atoms with Crippen LogP contribution in [-0.2, 0) is 4.79 Å². The van der Waals surface area contributed by atoms with Crippen LogP contribution in [0.2, 0.25) is 0 Å². The summed E-state index contributed by atoms with van der Waals surface area (Å²) in [5.41, 5.74) is 2.28. The van der Waals surface area contributed by atoms with Crippen molar-refractivity contribution in [1.29, 1.82) is 0 Å². The van der Waals surface area contributed by atoms with Gasteiger partial charge in [0.1, 0.15) is 11.5 Å². The highest BCUT2D eigenvalue weighted by molar-refractivity contribution is 5.92. The first-order valence-corrected chi connectivity index (χ1v) is 10.2. The second-order valence-corrected chi connectivity index (χ2v) is 7.10. The number of anilines is 2. The van der Waals surface area contributed by atoms with E-state index in [2.05, 4.69) is 10.2 Å². The molecule has 2 aromatic rings. The number of piperidine rings is 1. The molecule has 1 aliphatic rings. The average Bonchev–Trinajstić information content (AvgIpc) is 2.77. The fourth-order valence-corrected chi connectivity index (χ4v) is 3.29. The summed E-state index contributed by atoms with van der Waals surface area (Å²) >= 11 is 0. The lowest BCUT2D eigenvalue weighted by molar-refractivity contribution is -0.118. The first-order valence-electron chi connectivity index (χ1n) is 10.2. The predicted octanol–water partition coefficient (Wildman–Crippen LogP) is 4.30. The molecule has 0 unspecified atom stereocenters. The van der Waals surface area contributed by atoms with Crippen molar-refractivity contribution in [3.05, 3.63) is 48.0 Å². The van der Waals surface area contributed by atoms with Gasteiger partial charge in [0.05, 0.1) is 12.2 Å². The standard InChI is InChI=1S/C23H28N2O4/c1-2-14-28-21-11-6-18(16-26)22(15-21)29-17-23(27)24-19-7-9-20(10-8-19)25-12-4-3-5-13-25/h6-11,15-16H,2-5,12-14,17H2,1H3,(H,24,27). The van der Waals surface area contributed by atoms with Gasteiger partial charge in [-0.3, -0.25) is 9.59 Å². The maximum Gasteiger partial charge on any atom is 0.262 e. The number of hydrogen-bond donors (Lipinski definition) is 1. The van der Waals surface area contributed by atoms with Crippen molar-refractivity contribution in [1.82, 2.24) is 0 Å². The van der Waals surface area contributed by atoms with E-state index < -0.39 is 0 Å². The number of hydrogen-bond acceptors (Lipinski definition) is 5. The number of carbonyl (C=O) groups is 2. The third-order valence-corrected chi connectivity index (χ3v) is 4.82. The zero-order chi connectivity index (χ0) is 20.5. The zero-order valence-electron chi connectivity index (χ0n) is 16.9. The highest BCUT2D eigenvalue weighted by Gasteiger charge is 2.12. The van der Waals surface area contributed by atoms with Gasteiger partial charge in [-0.2, -0.15) is 0 Å². The van der Waals surface area contributed by atoms with Gasteiger partial charge >= 0.3 is 0 Å². The summed E-state index contributed by atoms with van der Waals surface area (Å²) < 4.78 is 11.1. The largest absolute Gasteiger partial charge is 0.493 e. The number of carbonyl (C=O) groups excluding carboxylic acids is 2. The Labute approximate surface area is 171 Å². The molecular weight excluding hydrogens is 368 g/mol. The van der Waals surface area contributed by atoms with E-state index in [-0.39, 0.29) is 12.5 Å².